The Morgan fingerprint density at radius 1 is 1.29 bits per heavy atom. The number of non-ortho nitro benzene ring substituents is 1. The number of sulfone groups is 1. The van der Waals surface area contributed by atoms with Crippen molar-refractivity contribution < 1.29 is 22.9 Å². The van der Waals surface area contributed by atoms with Crippen molar-refractivity contribution in [3.63, 3.8) is 0 Å². The number of benzene rings is 2. The molecule has 1 aromatic heterocycles. The second-order valence-corrected chi connectivity index (χ2v) is 9.45. The zero-order chi connectivity index (χ0) is 22.6. The zero-order valence-electron chi connectivity index (χ0n) is 16.3. The second kappa shape index (κ2) is 9.11. The summed E-state index contributed by atoms with van der Waals surface area (Å²) in [5.41, 5.74) is 0.510. The third-order valence-electron chi connectivity index (χ3n) is 4.35. The van der Waals surface area contributed by atoms with Crippen molar-refractivity contribution in [2.45, 2.75) is 17.9 Å². The van der Waals surface area contributed by atoms with Gasteiger partial charge < -0.3 is 9.30 Å². The van der Waals surface area contributed by atoms with Gasteiger partial charge in [-0.05, 0) is 30.3 Å². The van der Waals surface area contributed by atoms with Gasteiger partial charge in [0.2, 0.25) is 5.91 Å². The molecule has 11 heteroatoms. The predicted octanol–water partition coefficient (Wildman–Crippen LogP) is 2.54. The Morgan fingerprint density at radius 3 is 2.61 bits per heavy atom. The lowest BCUT2D eigenvalue weighted by atomic mass is 10.3. The van der Waals surface area contributed by atoms with Crippen LogP contribution in [-0.2, 0) is 21.2 Å². The molecule has 160 valence electrons. The molecule has 0 aliphatic carbocycles. The molecule has 0 atom stereocenters. The summed E-state index contributed by atoms with van der Waals surface area (Å²) in [5, 5.41) is 11.0. The van der Waals surface area contributed by atoms with Gasteiger partial charge in [0.15, 0.2) is 14.6 Å². The van der Waals surface area contributed by atoms with E-state index in [1.165, 1.54) is 43.5 Å². The van der Waals surface area contributed by atoms with Gasteiger partial charge >= 0.3 is 0 Å². The van der Waals surface area contributed by atoms with Crippen molar-refractivity contribution in [1.82, 2.24) is 4.57 Å². The van der Waals surface area contributed by atoms with Crippen molar-refractivity contribution in [3.8, 4) is 18.1 Å². The number of nitro benzene ring substituents is 1. The van der Waals surface area contributed by atoms with Crippen LogP contribution in [0.15, 0.2) is 52.4 Å². The molecule has 1 heterocycles. The first-order chi connectivity index (χ1) is 14.7. The van der Waals surface area contributed by atoms with Crippen molar-refractivity contribution in [1.29, 1.82) is 0 Å². The average molecular weight is 460 g/mol. The summed E-state index contributed by atoms with van der Waals surface area (Å²) in [4.78, 5) is 27.2. The van der Waals surface area contributed by atoms with E-state index in [0.717, 1.165) is 11.3 Å². The minimum absolute atomic E-state index is 0.0812. The van der Waals surface area contributed by atoms with E-state index < -0.39 is 26.4 Å². The number of amides is 1. The van der Waals surface area contributed by atoms with E-state index in [2.05, 4.69) is 10.9 Å². The maximum Gasteiger partial charge on any atom is 0.270 e. The number of rotatable bonds is 7. The first-order valence-electron chi connectivity index (χ1n) is 8.91. The summed E-state index contributed by atoms with van der Waals surface area (Å²) >= 11 is 1.07. The molecule has 0 fully saturated rings. The quantitative estimate of drug-likeness (QED) is 0.304. The summed E-state index contributed by atoms with van der Waals surface area (Å²) in [6.45, 7) is 0.105. The van der Waals surface area contributed by atoms with Crippen LogP contribution in [0, 0.1) is 22.5 Å². The van der Waals surface area contributed by atoms with Crippen LogP contribution in [0.25, 0.3) is 10.2 Å². The molecule has 9 nitrogen and oxygen atoms in total. The van der Waals surface area contributed by atoms with E-state index in [1.54, 1.807) is 10.6 Å². The molecule has 3 rings (SSSR count). The number of thiazole rings is 1. The smallest absolute Gasteiger partial charge is 0.270 e. The van der Waals surface area contributed by atoms with Crippen molar-refractivity contribution in [2.24, 2.45) is 4.99 Å². The number of fused-ring (bicyclic) bond motifs is 1. The Bertz CT molecular complexity index is 1360. The first kappa shape index (κ1) is 22.2. The topological polar surface area (TPSA) is 121 Å². The first-order valence-corrected chi connectivity index (χ1v) is 11.4. The van der Waals surface area contributed by atoms with Gasteiger partial charge in [0.05, 0.1) is 39.4 Å². The largest absolute Gasteiger partial charge is 0.497 e. The van der Waals surface area contributed by atoms with Crippen LogP contribution in [0.1, 0.15) is 6.42 Å². The van der Waals surface area contributed by atoms with E-state index in [4.69, 9.17) is 11.2 Å². The van der Waals surface area contributed by atoms with Gasteiger partial charge in [-0.15, -0.1) is 6.42 Å². The van der Waals surface area contributed by atoms with E-state index in [0.29, 0.717) is 16.0 Å². The Hall–Kier alpha value is -3.49. The Balaban J connectivity index is 1.86. The predicted molar refractivity (Wildman–Crippen MR) is 116 cm³/mol. The molecular formula is C20H17N3O6S2. The number of nitro groups is 1. The van der Waals surface area contributed by atoms with Crippen molar-refractivity contribution >= 4 is 43.0 Å². The molecule has 0 saturated carbocycles. The summed E-state index contributed by atoms with van der Waals surface area (Å²) in [6, 6.07) is 10.1. The lowest BCUT2D eigenvalue weighted by molar-refractivity contribution is -0.384. The third-order valence-corrected chi connectivity index (χ3v) is 7.12. The Morgan fingerprint density at radius 2 is 2.00 bits per heavy atom. The van der Waals surface area contributed by atoms with Gasteiger partial charge in [0.1, 0.15) is 5.75 Å². The fraction of sp³-hybridized carbons (Fsp3) is 0.200. The fourth-order valence-electron chi connectivity index (χ4n) is 2.79. The third kappa shape index (κ3) is 4.99. The summed E-state index contributed by atoms with van der Waals surface area (Å²) in [5.74, 6) is 1.94. The highest BCUT2D eigenvalue weighted by atomic mass is 32.2. The molecule has 0 spiro atoms. The summed E-state index contributed by atoms with van der Waals surface area (Å²) < 4.78 is 32.1. The van der Waals surface area contributed by atoms with Gasteiger partial charge in [0.25, 0.3) is 5.69 Å². The highest BCUT2D eigenvalue weighted by Crippen LogP contribution is 2.23. The van der Waals surface area contributed by atoms with Crippen LogP contribution in [0.5, 0.6) is 5.75 Å². The molecule has 1 amide bonds. The summed E-state index contributed by atoms with van der Waals surface area (Å²) in [7, 11) is -2.21. The average Bonchev–Trinajstić information content (AvgIpc) is 3.09. The maximum atomic E-state index is 12.5. The van der Waals surface area contributed by atoms with E-state index in [1.807, 2.05) is 0 Å². The molecule has 0 aliphatic heterocycles. The number of nitrogens with zero attached hydrogens (tertiary/aromatic N) is 3. The molecule has 31 heavy (non-hydrogen) atoms. The van der Waals surface area contributed by atoms with Crippen LogP contribution >= 0.6 is 11.3 Å². The van der Waals surface area contributed by atoms with Gasteiger partial charge in [-0.1, -0.05) is 17.3 Å². The van der Waals surface area contributed by atoms with Crippen molar-refractivity contribution in [2.75, 3.05) is 12.9 Å². The van der Waals surface area contributed by atoms with Gasteiger partial charge in [-0.3, -0.25) is 14.9 Å². The van der Waals surface area contributed by atoms with E-state index >= 15 is 0 Å². The molecule has 3 aromatic rings. The lowest BCUT2D eigenvalue weighted by Gasteiger charge is -2.04. The van der Waals surface area contributed by atoms with Crippen LogP contribution in [0.3, 0.4) is 0 Å². The standard InChI is InChI=1S/C20H17N3O6S2/c1-3-11-22-17-9-4-14(23(25)26)13-18(17)30-20(22)21-19(24)10-12-31(27,28)16-7-5-15(29-2)6-8-16/h1,4-9,13H,10-12H2,2H3. The number of methoxy groups -OCH3 is 1. The number of hydrogen-bond acceptors (Lipinski definition) is 7. The number of terminal acetylenes is 1. The normalized spacial score (nSPS) is 11.9. The number of ether oxygens (including phenoxy) is 1. The Kier molecular flexibility index (Phi) is 6.53. The molecule has 0 bridgehead atoms. The van der Waals surface area contributed by atoms with Gasteiger partial charge in [-0.2, -0.15) is 4.99 Å². The minimum atomic E-state index is -3.68. The maximum absolute atomic E-state index is 12.5. The second-order valence-electron chi connectivity index (χ2n) is 6.33. The van der Waals surface area contributed by atoms with Crippen LogP contribution in [0.2, 0.25) is 0 Å². The molecular weight excluding hydrogens is 442 g/mol. The SMILES string of the molecule is C#CCn1c(=NC(=O)CCS(=O)(=O)c2ccc(OC)cc2)sc2cc([N+](=O)[O-])ccc21. The molecule has 0 saturated heterocycles. The summed E-state index contributed by atoms with van der Waals surface area (Å²) in [6.07, 6.45) is 5.08. The number of carbonyl (C=O) groups is 1. The van der Waals surface area contributed by atoms with Gasteiger partial charge in [-0.25, -0.2) is 8.42 Å². The van der Waals surface area contributed by atoms with Crippen molar-refractivity contribution in [3.05, 3.63) is 57.4 Å². The van der Waals surface area contributed by atoms with E-state index in [9.17, 15) is 23.3 Å². The molecule has 0 aliphatic rings. The molecule has 0 unspecified atom stereocenters. The fourth-order valence-corrected chi connectivity index (χ4v) is 5.10. The number of aromatic nitrogens is 1. The Labute approximate surface area is 181 Å². The molecule has 0 N–H and O–H groups in total. The molecule has 0 radical (unpaired) electrons. The van der Waals surface area contributed by atoms with Crippen LogP contribution < -0.4 is 9.54 Å². The van der Waals surface area contributed by atoms with Crippen LogP contribution in [0.4, 0.5) is 5.69 Å². The zero-order valence-corrected chi connectivity index (χ0v) is 18.0. The monoisotopic (exact) mass is 459 g/mol. The molecule has 2 aromatic carbocycles. The minimum Gasteiger partial charge on any atom is -0.497 e. The lowest BCUT2D eigenvalue weighted by Crippen LogP contribution is -2.18. The number of hydrogen-bond donors (Lipinski definition) is 0. The highest BCUT2D eigenvalue weighted by molar-refractivity contribution is 7.91. The van der Waals surface area contributed by atoms with Crippen LogP contribution in [-0.4, -0.2) is 36.7 Å². The van der Waals surface area contributed by atoms with Gasteiger partial charge in [0, 0.05) is 18.6 Å². The van der Waals surface area contributed by atoms with E-state index in [-0.39, 0.29) is 28.3 Å². The number of carbonyl (C=O) groups excluding carboxylic acids is 1. The highest BCUT2D eigenvalue weighted by Gasteiger charge is 2.17.